The summed E-state index contributed by atoms with van der Waals surface area (Å²) in [6.07, 6.45) is 3.07. The van der Waals surface area contributed by atoms with Gasteiger partial charge in [-0.05, 0) is 30.3 Å². The van der Waals surface area contributed by atoms with Gasteiger partial charge in [-0.25, -0.2) is 9.97 Å². The number of nitro groups is 1. The Morgan fingerprint density at radius 3 is 2.32 bits per heavy atom. The third-order valence-electron chi connectivity index (χ3n) is 5.37. The van der Waals surface area contributed by atoms with Crippen LogP contribution in [0.2, 0.25) is 0 Å². The molecule has 10 nitrogen and oxygen atoms in total. The maximum absolute atomic E-state index is 10.8. The van der Waals surface area contributed by atoms with Crippen LogP contribution < -0.4 is 0 Å². The van der Waals surface area contributed by atoms with Crippen LogP contribution in [0.5, 0.6) is 0 Å². The van der Waals surface area contributed by atoms with Crippen molar-refractivity contribution in [2.45, 2.75) is 0 Å². The fourth-order valence-corrected chi connectivity index (χ4v) is 3.62. The van der Waals surface area contributed by atoms with Crippen molar-refractivity contribution in [2.24, 2.45) is 0 Å². The summed E-state index contributed by atoms with van der Waals surface area (Å²) in [4.78, 5) is 26.8. The van der Waals surface area contributed by atoms with Crippen molar-refractivity contribution >= 4 is 16.7 Å². The zero-order chi connectivity index (χ0) is 23.1. The Morgan fingerprint density at radius 2 is 1.59 bits per heavy atom. The molecule has 0 bridgehead atoms. The minimum Gasteiger partial charge on any atom is -0.444 e. The van der Waals surface area contributed by atoms with E-state index in [2.05, 4.69) is 25.1 Å². The number of aromatic nitrogens is 5. The molecule has 0 aliphatic heterocycles. The molecule has 34 heavy (non-hydrogen) atoms. The fourth-order valence-electron chi connectivity index (χ4n) is 3.62. The van der Waals surface area contributed by atoms with Gasteiger partial charge in [0.2, 0.25) is 5.82 Å². The van der Waals surface area contributed by atoms with Crippen molar-refractivity contribution in [1.82, 2.24) is 25.1 Å². The number of nitrogens with one attached hydrogen (secondary N) is 1. The Morgan fingerprint density at radius 1 is 0.853 bits per heavy atom. The van der Waals surface area contributed by atoms with Gasteiger partial charge in [-0.15, -0.1) is 0 Å². The third kappa shape index (κ3) is 3.48. The molecule has 0 amide bonds. The first-order valence-electron chi connectivity index (χ1n) is 10.2. The molecule has 3 heterocycles. The fraction of sp³-hybridized carbons (Fsp3) is 0. The Bertz CT molecular complexity index is 1620. The number of rotatable bonds is 5. The van der Waals surface area contributed by atoms with E-state index in [1.807, 2.05) is 42.5 Å². The highest BCUT2D eigenvalue weighted by atomic mass is 16.6. The average Bonchev–Trinajstić information content (AvgIpc) is 3.64. The Balaban J connectivity index is 1.28. The van der Waals surface area contributed by atoms with E-state index >= 15 is 0 Å². The molecule has 0 saturated carbocycles. The van der Waals surface area contributed by atoms with Crippen LogP contribution in [0.3, 0.4) is 0 Å². The van der Waals surface area contributed by atoms with Crippen LogP contribution in [0.4, 0.5) is 5.69 Å². The van der Waals surface area contributed by atoms with E-state index < -0.39 is 4.92 Å². The summed E-state index contributed by atoms with van der Waals surface area (Å²) in [7, 11) is 0. The molecule has 0 fully saturated rings. The molecule has 0 aliphatic rings. The van der Waals surface area contributed by atoms with Crippen molar-refractivity contribution in [3.05, 3.63) is 89.4 Å². The molecule has 3 aromatic heterocycles. The number of nitro benzene ring substituents is 1. The molecule has 3 aromatic carbocycles. The lowest BCUT2D eigenvalue weighted by Gasteiger charge is -1.99. The topological polar surface area (TPSA) is 137 Å². The van der Waals surface area contributed by atoms with Crippen LogP contribution in [0.1, 0.15) is 0 Å². The van der Waals surface area contributed by atoms with Gasteiger partial charge >= 0.3 is 0 Å². The highest BCUT2D eigenvalue weighted by Gasteiger charge is 2.14. The standard InChI is InChI=1S/C24H14N6O4/c31-30(32)18-8-5-16(6-9-18)24-28-23(29-34-24)17-7-10-19-20(11-17)27-22(26-19)15-3-1-14(2-4-15)21-12-25-13-33-21/h1-13H,(H,26,27). The number of non-ortho nitro benzene ring substituents is 1. The molecule has 0 radical (unpaired) electrons. The van der Waals surface area contributed by atoms with E-state index in [0.717, 1.165) is 33.5 Å². The van der Waals surface area contributed by atoms with Gasteiger partial charge in [-0.3, -0.25) is 10.1 Å². The lowest BCUT2D eigenvalue weighted by atomic mass is 10.1. The lowest BCUT2D eigenvalue weighted by molar-refractivity contribution is -0.384. The van der Waals surface area contributed by atoms with E-state index in [0.29, 0.717) is 17.1 Å². The number of benzene rings is 3. The van der Waals surface area contributed by atoms with Crippen molar-refractivity contribution in [3.8, 4) is 45.6 Å². The second-order valence-electron chi connectivity index (χ2n) is 7.49. The number of nitrogens with zero attached hydrogens (tertiary/aromatic N) is 5. The highest BCUT2D eigenvalue weighted by molar-refractivity contribution is 5.83. The monoisotopic (exact) mass is 450 g/mol. The Hall–Kier alpha value is -5.12. The number of H-pyrrole nitrogens is 1. The number of fused-ring (bicyclic) bond motifs is 1. The normalized spacial score (nSPS) is 11.2. The van der Waals surface area contributed by atoms with Gasteiger partial charge in [0, 0.05) is 34.4 Å². The number of imidazole rings is 1. The average molecular weight is 450 g/mol. The van der Waals surface area contributed by atoms with E-state index in [1.54, 1.807) is 18.3 Å². The molecular formula is C24H14N6O4. The molecule has 0 aliphatic carbocycles. The van der Waals surface area contributed by atoms with Gasteiger partial charge in [0.15, 0.2) is 12.2 Å². The minimum atomic E-state index is -0.457. The van der Waals surface area contributed by atoms with Gasteiger partial charge < -0.3 is 13.9 Å². The molecule has 0 saturated heterocycles. The van der Waals surface area contributed by atoms with Crippen LogP contribution in [0.15, 0.2) is 88.3 Å². The minimum absolute atomic E-state index is 0.00314. The maximum Gasteiger partial charge on any atom is 0.269 e. The maximum atomic E-state index is 10.8. The van der Waals surface area contributed by atoms with Crippen molar-refractivity contribution in [2.75, 3.05) is 0 Å². The van der Waals surface area contributed by atoms with E-state index in [1.165, 1.54) is 18.5 Å². The molecule has 1 N–H and O–H groups in total. The van der Waals surface area contributed by atoms with Gasteiger partial charge in [-0.2, -0.15) is 4.98 Å². The summed E-state index contributed by atoms with van der Waals surface area (Å²) < 4.78 is 10.7. The Kier molecular flexibility index (Phi) is 4.48. The lowest BCUT2D eigenvalue weighted by Crippen LogP contribution is -1.87. The van der Waals surface area contributed by atoms with E-state index in [9.17, 15) is 10.1 Å². The molecule has 0 atom stereocenters. The van der Waals surface area contributed by atoms with E-state index in [4.69, 9.17) is 8.94 Å². The molecule has 0 unspecified atom stereocenters. The molecule has 6 aromatic rings. The van der Waals surface area contributed by atoms with Crippen LogP contribution in [0.25, 0.3) is 56.6 Å². The first kappa shape index (κ1) is 19.6. The van der Waals surface area contributed by atoms with Crippen molar-refractivity contribution in [3.63, 3.8) is 0 Å². The summed E-state index contributed by atoms with van der Waals surface area (Å²) >= 11 is 0. The van der Waals surface area contributed by atoms with Gasteiger partial charge in [0.25, 0.3) is 11.6 Å². The molecule has 0 spiro atoms. The number of aromatic amines is 1. The largest absolute Gasteiger partial charge is 0.444 e. The van der Waals surface area contributed by atoms with Crippen LogP contribution in [-0.2, 0) is 0 Å². The number of oxazole rings is 1. The van der Waals surface area contributed by atoms with Crippen molar-refractivity contribution in [1.29, 1.82) is 0 Å². The SMILES string of the molecule is O=[N+]([O-])c1ccc(-c2nc(-c3ccc4nc(-c5ccc(-c6cnco6)cc5)[nH]c4c3)no2)cc1. The zero-order valence-corrected chi connectivity index (χ0v) is 17.4. The van der Waals surface area contributed by atoms with Crippen LogP contribution in [-0.4, -0.2) is 30.0 Å². The van der Waals surface area contributed by atoms with Crippen molar-refractivity contribution < 1.29 is 13.9 Å². The summed E-state index contributed by atoms with van der Waals surface area (Å²) in [6, 6.07) is 19.4. The second-order valence-corrected chi connectivity index (χ2v) is 7.49. The summed E-state index contributed by atoms with van der Waals surface area (Å²) in [5.41, 5.74) is 4.84. The van der Waals surface area contributed by atoms with Gasteiger partial charge in [-0.1, -0.05) is 29.4 Å². The zero-order valence-electron chi connectivity index (χ0n) is 17.4. The molecule has 6 rings (SSSR count). The van der Waals surface area contributed by atoms with Gasteiger partial charge in [0.05, 0.1) is 22.2 Å². The summed E-state index contributed by atoms with van der Waals surface area (Å²) in [5.74, 6) is 2.12. The first-order valence-corrected chi connectivity index (χ1v) is 10.2. The first-order chi connectivity index (χ1) is 16.6. The summed E-state index contributed by atoms with van der Waals surface area (Å²) in [5, 5.41) is 14.9. The number of hydrogen-bond acceptors (Lipinski definition) is 8. The molecular weight excluding hydrogens is 436 g/mol. The Labute approximate surface area is 191 Å². The van der Waals surface area contributed by atoms with Gasteiger partial charge in [0.1, 0.15) is 5.82 Å². The van der Waals surface area contributed by atoms with E-state index in [-0.39, 0.29) is 11.6 Å². The highest BCUT2D eigenvalue weighted by Crippen LogP contribution is 2.28. The van der Waals surface area contributed by atoms with Crippen LogP contribution in [0, 0.1) is 10.1 Å². The predicted molar refractivity (Wildman–Crippen MR) is 122 cm³/mol. The second kappa shape index (κ2) is 7.78. The summed E-state index contributed by atoms with van der Waals surface area (Å²) in [6.45, 7) is 0. The van der Waals surface area contributed by atoms with Crippen LogP contribution >= 0.6 is 0 Å². The predicted octanol–water partition coefficient (Wildman–Crippen LogP) is 5.51. The quantitative estimate of drug-likeness (QED) is 0.268. The smallest absolute Gasteiger partial charge is 0.269 e. The number of hydrogen-bond donors (Lipinski definition) is 1. The third-order valence-corrected chi connectivity index (χ3v) is 5.37. The molecule has 164 valence electrons. The molecule has 10 heteroatoms.